The Morgan fingerprint density at radius 1 is 1.16 bits per heavy atom. The Balaban J connectivity index is 2.00. The summed E-state index contributed by atoms with van der Waals surface area (Å²) >= 11 is 0. The average molecular weight is 360 g/mol. The second-order valence-electron chi connectivity index (χ2n) is 6.62. The Labute approximate surface area is 147 Å². The van der Waals surface area contributed by atoms with Crippen LogP contribution >= 0.6 is 0 Å². The predicted octanol–water partition coefficient (Wildman–Crippen LogP) is 3.12. The fourth-order valence-corrected chi connectivity index (χ4v) is 4.08. The molecule has 0 atom stereocenters. The van der Waals surface area contributed by atoms with Crippen LogP contribution in [-0.2, 0) is 20.2 Å². The number of para-hydroxylation sites is 2. The zero-order chi connectivity index (χ0) is 18.2. The van der Waals surface area contributed by atoms with Crippen molar-refractivity contribution in [1.29, 1.82) is 0 Å². The van der Waals surface area contributed by atoms with E-state index in [9.17, 15) is 13.2 Å². The van der Waals surface area contributed by atoms with Gasteiger partial charge in [-0.2, -0.15) is 0 Å². The topological polar surface area (TPSA) is 84.5 Å². The molecular weight excluding hydrogens is 340 g/mol. The third-order valence-corrected chi connectivity index (χ3v) is 5.62. The molecule has 1 aliphatic heterocycles. The summed E-state index contributed by atoms with van der Waals surface area (Å²) in [6.45, 7) is 3.85. The predicted molar refractivity (Wildman–Crippen MR) is 96.5 cm³/mol. The van der Waals surface area contributed by atoms with E-state index in [1.807, 2.05) is 13.8 Å². The molecule has 1 heterocycles. The third kappa shape index (κ3) is 3.32. The van der Waals surface area contributed by atoms with Gasteiger partial charge in [0.1, 0.15) is 5.75 Å². The molecule has 2 aromatic carbocycles. The number of hydrogen-bond donors (Lipinski definition) is 2. The van der Waals surface area contributed by atoms with Crippen LogP contribution in [0.25, 0.3) is 0 Å². The fraction of sp³-hybridized carbons (Fsp3) is 0.278. The van der Waals surface area contributed by atoms with E-state index in [4.69, 9.17) is 4.74 Å². The summed E-state index contributed by atoms with van der Waals surface area (Å²) in [5.74, 6) is 0.372. The standard InChI is InChI=1S/C18H20N2O4S/c1-18(2)11-17(21)19-14-9-8-12(10-13(14)18)25(22,23)20-15-6-4-5-7-16(15)24-3/h4-10,20H,11H2,1-3H3,(H,19,21). The maximum Gasteiger partial charge on any atom is 0.262 e. The van der Waals surface area contributed by atoms with Gasteiger partial charge in [0.2, 0.25) is 5.91 Å². The van der Waals surface area contributed by atoms with Crippen LogP contribution in [0.3, 0.4) is 0 Å². The minimum Gasteiger partial charge on any atom is -0.495 e. The molecule has 6 nitrogen and oxygen atoms in total. The van der Waals surface area contributed by atoms with Gasteiger partial charge in [-0.25, -0.2) is 8.42 Å². The first-order chi connectivity index (χ1) is 11.7. The Hall–Kier alpha value is -2.54. The molecule has 0 bridgehead atoms. The molecule has 0 saturated heterocycles. The van der Waals surface area contributed by atoms with Crippen molar-refractivity contribution in [2.24, 2.45) is 0 Å². The van der Waals surface area contributed by atoms with E-state index in [1.54, 1.807) is 36.4 Å². The number of carbonyl (C=O) groups is 1. The van der Waals surface area contributed by atoms with Gasteiger partial charge in [0.25, 0.3) is 10.0 Å². The van der Waals surface area contributed by atoms with Gasteiger partial charge >= 0.3 is 0 Å². The number of fused-ring (bicyclic) bond motifs is 1. The molecule has 0 aromatic heterocycles. The Morgan fingerprint density at radius 3 is 2.60 bits per heavy atom. The van der Waals surface area contributed by atoms with Crippen molar-refractivity contribution in [3.8, 4) is 5.75 Å². The van der Waals surface area contributed by atoms with E-state index >= 15 is 0 Å². The van der Waals surface area contributed by atoms with Gasteiger partial charge in [-0.3, -0.25) is 9.52 Å². The van der Waals surface area contributed by atoms with E-state index in [0.29, 0.717) is 23.5 Å². The largest absolute Gasteiger partial charge is 0.495 e. The SMILES string of the molecule is COc1ccccc1NS(=O)(=O)c1ccc2c(c1)C(C)(C)CC(=O)N2. The maximum atomic E-state index is 12.8. The van der Waals surface area contributed by atoms with Crippen molar-refractivity contribution in [3.05, 3.63) is 48.0 Å². The molecule has 132 valence electrons. The molecule has 0 spiro atoms. The number of rotatable bonds is 4. The van der Waals surface area contributed by atoms with E-state index < -0.39 is 15.4 Å². The Morgan fingerprint density at radius 2 is 1.88 bits per heavy atom. The summed E-state index contributed by atoms with van der Waals surface area (Å²) in [5.41, 5.74) is 1.39. The molecule has 25 heavy (non-hydrogen) atoms. The number of nitrogens with one attached hydrogen (secondary N) is 2. The molecular formula is C18H20N2O4S. The summed E-state index contributed by atoms with van der Waals surface area (Å²) in [5, 5.41) is 2.79. The van der Waals surface area contributed by atoms with Crippen molar-refractivity contribution >= 4 is 27.3 Å². The lowest BCUT2D eigenvalue weighted by Gasteiger charge is -2.32. The van der Waals surface area contributed by atoms with Crippen molar-refractivity contribution in [3.63, 3.8) is 0 Å². The number of hydrogen-bond acceptors (Lipinski definition) is 4. The molecule has 0 fully saturated rings. The summed E-state index contributed by atoms with van der Waals surface area (Å²) in [6, 6.07) is 11.5. The summed E-state index contributed by atoms with van der Waals surface area (Å²) in [4.78, 5) is 11.9. The number of benzene rings is 2. The summed E-state index contributed by atoms with van der Waals surface area (Å²) < 4.78 is 33.3. The van der Waals surface area contributed by atoms with Gasteiger partial charge < -0.3 is 10.1 Å². The molecule has 0 radical (unpaired) electrons. The highest BCUT2D eigenvalue weighted by molar-refractivity contribution is 7.92. The maximum absolute atomic E-state index is 12.8. The minimum atomic E-state index is -3.79. The fourth-order valence-electron chi connectivity index (χ4n) is 2.98. The number of anilines is 2. The first kappa shape index (κ1) is 17.3. The molecule has 3 rings (SSSR count). The van der Waals surface area contributed by atoms with E-state index in [0.717, 1.165) is 5.56 Å². The number of amides is 1. The number of ether oxygens (including phenoxy) is 1. The summed E-state index contributed by atoms with van der Waals surface area (Å²) in [7, 11) is -2.30. The minimum absolute atomic E-state index is 0.0692. The number of sulfonamides is 1. The average Bonchev–Trinajstić information content (AvgIpc) is 2.53. The normalized spacial score (nSPS) is 15.9. The monoisotopic (exact) mass is 360 g/mol. The lowest BCUT2D eigenvalue weighted by atomic mass is 9.78. The van der Waals surface area contributed by atoms with Gasteiger partial charge in [0.05, 0.1) is 17.7 Å². The highest BCUT2D eigenvalue weighted by Gasteiger charge is 2.33. The van der Waals surface area contributed by atoms with E-state index in [2.05, 4.69) is 10.0 Å². The quantitative estimate of drug-likeness (QED) is 0.877. The van der Waals surface area contributed by atoms with Crippen LogP contribution in [0.2, 0.25) is 0 Å². The third-order valence-electron chi connectivity index (χ3n) is 4.26. The number of carbonyl (C=O) groups excluding carboxylic acids is 1. The first-order valence-corrected chi connectivity index (χ1v) is 9.31. The van der Waals surface area contributed by atoms with Gasteiger partial charge in [-0.05, 0) is 35.9 Å². The van der Waals surface area contributed by atoms with Crippen molar-refractivity contribution in [1.82, 2.24) is 0 Å². The van der Waals surface area contributed by atoms with Gasteiger partial charge in [-0.1, -0.05) is 26.0 Å². The Kier molecular flexibility index (Phi) is 4.20. The van der Waals surface area contributed by atoms with Gasteiger partial charge in [-0.15, -0.1) is 0 Å². The first-order valence-electron chi connectivity index (χ1n) is 7.83. The zero-order valence-electron chi connectivity index (χ0n) is 14.3. The van der Waals surface area contributed by atoms with Crippen LogP contribution < -0.4 is 14.8 Å². The van der Waals surface area contributed by atoms with Crippen LogP contribution in [0, 0.1) is 0 Å². The second-order valence-corrected chi connectivity index (χ2v) is 8.30. The molecule has 7 heteroatoms. The van der Waals surface area contributed by atoms with Gasteiger partial charge in [0, 0.05) is 17.5 Å². The van der Waals surface area contributed by atoms with Crippen LogP contribution in [0.5, 0.6) is 5.75 Å². The van der Waals surface area contributed by atoms with E-state index in [-0.39, 0.29) is 10.8 Å². The van der Waals surface area contributed by atoms with Crippen molar-refractivity contribution in [2.45, 2.75) is 30.6 Å². The van der Waals surface area contributed by atoms with Crippen LogP contribution in [0.4, 0.5) is 11.4 Å². The van der Waals surface area contributed by atoms with Gasteiger partial charge in [0.15, 0.2) is 0 Å². The molecule has 1 aliphatic rings. The van der Waals surface area contributed by atoms with Crippen LogP contribution in [0.15, 0.2) is 47.4 Å². The molecule has 2 aromatic rings. The zero-order valence-corrected chi connectivity index (χ0v) is 15.1. The van der Waals surface area contributed by atoms with Crippen molar-refractivity contribution in [2.75, 3.05) is 17.1 Å². The highest BCUT2D eigenvalue weighted by atomic mass is 32.2. The van der Waals surface area contributed by atoms with Crippen LogP contribution in [-0.4, -0.2) is 21.4 Å². The van der Waals surface area contributed by atoms with Crippen LogP contribution in [0.1, 0.15) is 25.8 Å². The molecule has 0 aliphatic carbocycles. The molecule has 1 amide bonds. The smallest absolute Gasteiger partial charge is 0.262 e. The van der Waals surface area contributed by atoms with E-state index in [1.165, 1.54) is 13.2 Å². The summed E-state index contributed by atoms with van der Waals surface area (Å²) in [6.07, 6.45) is 0.309. The van der Waals surface area contributed by atoms with Crippen molar-refractivity contribution < 1.29 is 17.9 Å². The second kappa shape index (κ2) is 6.07. The number of methoxy groups -OCH3 is 1. The highest BCUT2D eigenvalue weighted by Crippen LogP contribution is 2.38. The molecule has 2 N–H and O–H groups in total. The lowest BCUT2D eigenvalue weighted by molar-refractivity contribution is -0.117. The Bertz CT molecular complexity index is 936. The molecule has 0 saturated carbocycles. The lowest BCUT2D eigenvalue weighted by Crippen LogP contribution is -2.32. The molecule has 0 unspecified atom stereocenters.